The molecule has 0 saturated carbocycles. The normalized spacial score (nSPS) is 23.4. The maximum atomic E-state index is 14.4. The molecule has 9 nitrogen and oxygen atoms in total. The molecule has 2 aliphatic rings. The lowest BCUT2D eigenvalue weighted by Crippen LogP contribution is -2.46. The Hall–Kier alpha value is -3.39. The summed E-state index contributed by atoms with van der Waals surface area (Å²) in [7, 11) is 1.71. The number of alkyl halides is 1. The second-order valence-electron chi connectivity index (χ2n) is 10.4. The monoisotopic (exact) mass is 554 g/mol. The van der Waals surface area contributed by atoms with Crippen LogP contribution in [0.4, 0.5) is 21.7 Å². The van der Waals surface area contributed by atoms with Gasteiger partial charge in [0.1, 0.15) is 30.8 Å². The summed E-state index contributed by atoms with van der Waals surface area (Å²) in [5.74, 6) is 0.745. The van der Waals surface area contributed by atoms with Gasteiger partial charge in [0.15, 0.2) is 11.6 Å². The molecule has 0 spiro atoms. The number of rotatable bonds is 6. The number of nitriles is 1. The number of aromatic nitrogens is 2. The number of benzene rings is 1. The number of aryl methyl sites for hydroxylation is 1. The summed E-state index contributed by atoms with van der Waals surface area (Å²) in [6, 6.07) is 11.0. The van der Waals surface area contributed by atoms with Crippen LogP contribution < -0.4 is 25.8 Å². The predicted octanol–water partition coefficient (Wildman–Crippen LogP) is 4.00. The van der Waals surface area contributed by atoms with Crippen LogP contribution in [0.1, 0.15) is 19.4 Å². The number of hydrogen-bond acceptors (Lipinski definition) is 8. The van der Waals surface area contributed by atoms with Gasteiger partial charge in [-0.3, -0.25) is 4.79 Å². The summed E-state index contributed by atoms with van der Waals surface area (Å²) in [5, 5.41) is 17.3. The fraction of sp³-hybridized carbons (Fsp3) is 0.464. The highest BCUT2D eigenvalue weighted by molar-refractivity contribution is 6.33. The van der Waals surface area contributed by atoms with Crippen molar-refractivity contribution >= 4 is 39.8 Å². The summed E-state index contributed by atoms with van der Waals surface area (Å²) in [5.41, 5.74) is 1.55. The molecule has 0 bridgehead atoms. The summed E-state index contributed by atoms with van der Waals surface area (Å²) in [6.07, 6.45) is -1.02. The second kappa shape index (κ2) is 11.4. The van der Waals surface area contributed by atoms with Crippen molar-refractivity contribution in [3.05, 3.63) is 51.3 Å². The maximum absolute atomic E-state index is 14.4. The van der Waals surface area contributed by atoms with E-state index in [4.69, 9.17) is 26.1 Å². The molecule has 2 N–H and O–H groups in total. The van der Waals surface area contributed by atoms with Crippen LogP contribution in [0.2, 0.25) is 5.02 Å². The van der Waals surface area contributed by atoms with Gasteiger partial charge in [-0.05, 0) is 30.3 Å². The number of halogens is 2. The SMILES string of the molecule is CC1CN(c2nc(Nc3ccc4c(c3)cc(OC[C@@H]3CNCCO3)c(=O)n4C)c(Cl)cc2C#N)CC(C)C1F. The van der Waals surface area contributed by atoms with E-state index in [0.29, 0.717) is 54.2 Å². The lowest BCUT2D eigenvalue weighted by atomic mass is 9.89. The highest BCUT2D eigenvalue weighted by atomic mass is 35.5. The van der Waals surface area contributed by atoms with Gasteiger partial charge >= 0.3 is 0 Å². The maximum Gasteiger partial charge on any atom is 0.293 e. The minimum atomic E-state index is -0.897. The van der Waals surface area contributed by atoms with Gasteiger partial charge in [0.25, 0.3) is 5.56 Å². The molecule has 2 fully saturated rings. The predicted molar refractivity (Wildman–Crippen MR) is 150 cm³/mol. The van der Waals surface area contributed by atoms with Crippen LogP contribution >= 0.6 is 11.6 Å². The average molecular weight is 555 g/mol. The van der Waals surface area contributed by atoms with E-state index in [1.54, 1.807) is 23.7 Å². The first-order valence-electron chi connectivity index (χ1n) is 13.1. The van der Waals surface area contributed by atoms with Gasteiger partial charge < -0.3 is 29.6 Å². The number of piperidine rings is 1. The third-order valence-electron chi connectivity index (χ3n) is 7.36. The Morgan fingerprint density at radius 3 is 2.74 bits per heavy atom. The molecule has 0 aliphatic carbocycles. The Morgan fingerprint density at radius 2 is 2.05 bits per heavy atom. The smallest absolute Gasteiger partial charge is 0.293 e. The summed E-state index contributed by atoms with van der Waals surface area (Å²) in [6.45, 7) is 7.02. The van der Waals surface area contributed by atoms with Crippen molar-refractivity contribution in [3.8, 4) is 11.8 Å². The molecule has 0 radical (unpaired) electrons. The third-order valence-corrected chi connectivity index (χ3v) is 7.65. The Kier molecular flexibility index (Phi) is 7.93. The van der Waals surface area contributed by atoms with E-state index in [2.05, 4.69) is 16.7 Å². The van der Waals surface area contributed by atoms with E-state index in [1.165, 1.54) is 0 Å². The van der Waals surface area contributed by atoms with Crippen molar-refractivity contribution in [2.24, 2.45) is 18.9 Å². The van der Waals surface area contributed by atoms with Crippen molar-refractivity contribution in [2.45, 2.75) is 26.1 Å². The Morgan fingerprint density at radius 1 is 1.28 bits per heavy atom. The molecule has 206 valence electrons. The fourth-order valence-corrected chi connectivity index (χ4v) is 5.47. The molecule has 11 heteroatoms. The molecule has 2 aliphatic heterocycles. The lowest BCUT2D eigenvalue weighted by Gasteiger charge is -2.38. The minimum Gasteiger partial charge on any atom is -0.485 e. The van der Waals surface area contributed by atoms with Crippen molar-refractivity contribution < 1.29 is 13.9 Å². The molecule has 2 aromatic heterocycles. The summed E-state index contributed by atoms with van der Waals surface area (Å²) in [4.78, 5) is 19.5. The quantitative estimate of drug-likeness (QED) is 0.471. The van der Waals surface area contributed by atoms with Crippen LogP contribution in [0.15, 0.2) is 35.1 Å². The first-order valence-corrected chi connectivity index (χ1v) is 13.5. The van der Waals surface area contributed by atoms with E-state index in [9.17, 15) is 14.4 Å². The number of fused-ring (bicyclic) bond motifs is 1. The molecular weight excluding hydrogens is 523 g/mol. The number of anilines is 3. The van der Waals surface area contributed by atoms with Crippen LogP contribution in [0, 0.1) is 23.2 Å². The largest absolute Gasteiger partial charge is 0.485 e. The van der Waals surface area contributed by atoms with Crippen molar-refractivity contribution in [3.63, 3.8) is 0 Å². The number of nitrogens with zero attached hydrogens (tertiary/aromatic N) is 4. The Balaban J connectivity index is 1.43. The molecule has 0 amide bonds. The standard InChI is InChI=1S/C28H32ClFN6O3/c1-16-13-36(14-17(2)25(16)30)27-19(11-31)9-22(29)26(34-27)33-20-4-5-23-18(8-20)10-24(28(37)35(23)3)39-15-21-12-32-6-7-38-21/h4-5,8-10,16-17,21,25,32H,6-7,12-15H2,1-3H3,(H,33,34)/t16?,17?,21-,25?/m0/s1. The Labute approximate surface area is 231 Å². The van der Waals surface area contributed by atoms with Crippen molar-refractivity contribution in [1.29, 1.82) is 5.26 Å². The zero-order chi connectivity index (χ0) is 27.7. The zero-order valence-electron chi connectivity index (χ0n) is 22.2. The van der Waals surface area contributed by atoms with Gasteiger partial charge in [-0.15, -0.1) is 0 Å². The van der Waals surface area contributed by atoms with Gasteiger partial charge in [0.05, 0.1) is 22.7 Å². The Bertz CT molecular complexity index is 1460. The number of nitrogens with one attached hydrogen (secondary N) is 2. The molecule has 5 rings (SSSR count). The van der Waals surface area contributed by atoms with Gasteiger partial charge in [0.2, 0.25) is 0 Å². The van der Waals surface area contributed by atoms with E-state index in [-0.39, 0.29) is 35.9 Å². The first kappa shape index (κ1) is 27.2. The topological polar surface area (TPSA) is 104 Å². The van der Waals surface area contributed by atoms with Crippen LogP contribution in [-0.4, -0.2) is 61.2 Å². The molecule has 39 heavy (non-hydrogen) atoms. The van der Waals surface area contributed by atoms with Crippen molar-refractivity contribution in [1.82, 2.24) is 14.9 Å². The molecule has 1 aromatic carbocycles. The van der Waals surface area contributed by atoms with Gasteiger partial charge in [-0.1, -0.05) is 25.4 Å². The van der Waals surface area contributed by atoms with E-state index >= 15 is 0 Å². The van der Waals surface area contributed by atoms with Crippen LogP contribution in [0.3, 0.4) is 0 Å². The van der Waals surface area contributed by atoms with Crippen molar-refractivity contribution in [2.75, 3.05) is 49.6 Å². The number of ether oxygens (including phenoxy) is 2. The molecule has 2 unspecified atom stereocenters. The molecule has 3 atom stereocenters. The highest BCUT2D eigenvalue weighted by Crippen LogP contribution is 2.34. The van der Waals surface area contributed by atoms with E-state index in [0.717, 1.165) is 17.4 Å². The molecular formula is C28H32ClFN6O3. The van der Waals surface area contributed by atoms with Gasteiger partial charge in [-0.2, -0.15) is 5.26 Å². The molecule has 3 aromatic rings. The first-order chi connectivity index (χ1) is 18.7. The number of morpholine rings is 1. The van der Waals surface area contributed by atoms with Gasteiger partial charge in [-0.25, -0.2) is 9.37 Å². The van der Waals surface area contributed by atoms with E-state index in [1.807, 2.05) is 36.9 Å². The number of hydrogen-bond donors (Lipinski definition) is 2. The zero-order valence-corrected chi connectivity index (χ0v) is 23.0. The van der Waals surface area contributed by atoms with Crippen LogP contribution in [-0.2, 0) is 11.8 Å². The molecule has 4 heterocycles. The third kappa shape index (κ3) is 5.66. The average Bonchev–Trinajstić information content (AvgIpc) is 2.94. The number of pyridine rings is 2. The summed E-state index contributed by atoms with van der Waals surface area (Å²) >= 11 is 6.52. The molecule has 2 saturated heterocycles. The van der Waals surface area contributed by atoms with E-state index < -0.39 is 6.17 Å². The van der Waals surface area contributed by atoms with Crippen LogP contribution in [0.5, 0.6) is 5.75 Å². The highest BCUT2D eigenvalue weighted by Gasteiger charge is 2.33. The van der Waals surface area contributed by atoms with Gasteiger partial charge in [0, 0.05) is 56.1 Å². The summed E-state index contributed by atoms with van der Waals surface area (Å²) < 4.78 is 27.5. The van der Waals surface area contributed by atoms with Crippen LogP contribution in [0.25, 0.3) is 10.9 Å². The minimum absolute atomic E-state index is 0.118. The fourth-order valence-electron chi connectivity index (χ4n) is 5.28. The lowest BCUT2D eigenvalue weighted by molar-refractivity contribution is -0.000135. The second-order valence-corrected chi connectivity index (χ2v) is 10.8.